The van der Waals surface area contributed by atoms with E-state index in [2.05, 4.69) is 48.3 Å². The molecule has 1 N–H and O–H groups in total. The van der Waals surface area contributed by atoms with Crippen molar-refractivity contribution in [1.82, 2.24) is 0 Å². The van der Waals surface area contributed by atoms with Crippen LogP contribution in [0.4, 0.5) is 17.1 Å². The Morgan fingerprint density at radius 1 is 1.15 bits per heavy atom. The summed E-state index contributed by atoms with van der Waals surface area (Å²) < 4.78 is 0. The zero-order valence-electron chi connectivity index (χ0n) is 15.6. The van der Waals surface area contributed by atoms with Crippen LogP contribution in [-0.2, 0) is 13.0 Å². The molecule has 0 unspecified atom stereocenters. The first-order chi connectivity index (χ1) is 12.6. The molecule has 1 heterocycles. The number of rotatable bonds is 6. The first-order valence-corrected chi connectivity index (χ1v) is 9.45. The fourth-order valence-corrected chi connectivity index (χ4v) is 3.59. The molecule has 0 saturated carbocycles. The lowest BCUT2D eigenvalue weighted by atomic mass is 10.0. The molecule has 1 saturated heterocycles. The topological polar surface area (TPSA) is 58.4 Å². The van der Waals surface area contributed by atoms with Crippen molar-refractivity contribution in [2.75, 3.05) is 16.8 Å². The number of benzene rings is 2. The van der Waals surface area contributed by atoms with Crippen molar-refractivity contribution in [3.05, 3.63) is 63.7 Å². The molecule has 0 radical (unpaired) electrons. The number of aryl methyl sites for hydroxylation is 1. The minimum Gasteiger partial charge on any atom is -0.381 e. The highest BCUT2D eigenvalue weighted by Crippen LogP contribution is 2.33. The third kappa shape index (κ3) is 4.15. The highest BCUT2D eigenvalue weighted by Gasteiger charge is 2.25. The van der Waals surface area contributed by atoms with Crippen molar-refractivity contribution in [3.63, 3.8) is 0 Å². The van der Waals surface area contributed by atoms with E-state index < -0.39 is 0 Å². The Balaban J connectivity index is 1.76. The molecule has 1 atom stereocenters. The lowest BCUT2D eigenvalue weighted by Gasteiger charge is -2.35. The lowest BCUT2D eigenvalue weighted by molar-refractivity contribution is -0.384. The second-order valence-corrected chi connectivity index (χ2v) is 7.02. The fourth-order valence-electron chi connectivity index (χ4n) is 3.59. The van der Waals surface area contributed by atoms with Gasteiger partial charge in [-0.2, -0.15) is 0 Å². The van der Waals surface area contributed by atoms with Crippen LogP contribution in [0.25, 0.3) is 0 Å². The quantitative estimate of drug-likeness (QED) is 0.576. The van der Waals surface area contributed by atoms with Crippen molar-refractivity contribution in [2.24, 2.45) is 0 Å². The molecular weight excluding hydrogens is 326 g/mol. The van der Waals surface area contributed by atoms with Gasteiger partial charge in [-0.15, -0.1) is 0 Å². The summed E-state index contributed by atoms with van der Waals surface area (Å²) in [5, 5.41) is 15.0. The minimum absolute atomic E-state index is 0.208. The first-order valence-electron chi connectivity index (χ1n) is 9.45. The fraction of sp³-hybridized carbons (Fsp3) is 0.429. The smallest absolute Gasteiger partial charge is 0.292 e. The maximum atomic E-state index is 11.6. The van der Waals surface area contributed by atoms with Crippen LogP contribution in [0, 0.1) is 10.1 Å². The molecule has 0 aliphatic carbocycles. The van der Waals surface area contributed by atoms with Gasteiger partial charge in [0, 0.05) is 30.9 Å². The number of nitro benzene ring substituents is 1. The van der Waals surface area contributed by atoms with Crippen molar-refractivity contribution < 1.29 is 4.92 Å². The van der Waals surface area contributed by atoms with E-state index in [9.17, 15) is 10.1 Å². The average molecular weight is 353 g/mol. The number of hydrogen-bond donors (Lipinski definition) is 1. The number of anilines is 2. The Kier molecular flexibility index (Phi) is 5.76. The second kappa shape index (κ2) is 8.21. The van der Waals surface area contributed by atoms with Gasteiger partial charge in [-0.25, -0.2) is 0 Å². The maximum absolute atomic E-state index is 11.6. The van der Waals surface area contributed by atoms with Crippen LogP contribution >= 0.6 is 0 Å². The second-order valence-electron chi connectivity index (χ2n) is 7.02. The van der Waals surface area contributed by atoms with Gasteiger partial charge in [-0.05, 0) is 61.9 Å². The normalized spacial score (nSPS) is 17.2. The van der Waals surface area contributed by atoms with Gasteiger partial charge in [-0.3, -0.25) is 10.1 Å². The van der Waals surface area contributed by atoms with Gasteiger partial charge in [0.1, 0.15) is 5.69 Å². The summed E-state index contributed by atoms with van der Waals surface area (Å²) in [7, 11) is 0. The lowest BCUT2D eigenvalue weighted by Crippen LogP contribution is -2.37. The molecule has 1 aliphatic heterocycles. The number of hydrogen-bond acceptors (Lipinski definition) is 4. The Morgan fingerprint density at radius 2 is 1.88 bits per heavy atom. The molecule has 2 aromatic carbocycles. The third-order valence-electron chi connectivity index (χ3n) is 5.21. The van der Waals surface area contributed by atoms with Gasteiger partial charge in [-0.1, -0.05) is 25.1 Å². The highest BCUT2D eigenvalue weighted by molar-refractivity contribution is 5.65. The molecule has 0 aromatic heterocycles. The summed E-state index contributed by atoms with van der Waals surface area (Å²) in [5.74, 6) is 0. The average Bonchev–Trinajstić information content (AvgIpc) is 2.67. The van der Waals surface area contributed by atoms with E-state index in [0.29, 0.717) is 12.6 Å². The standard InChI is InChI=1S/C21H27N3O2/c1-3-17-7-10-19(11-8-17)22-15-18-9-12-20(21(14-18)24(25)26)23-13-5-4-6-16(23)2/h7-12,14,16,22H,3-6,13,15H2,1-2H3/t16-/m0/s1. The van der Waals surface area contributed by atoms with Gasteiger partial charge >= 0.3 is 0 Å². The van der Waals surface area contributed by atoms with Crippen molar-refractivity contribution >= 4 is 17.1 Å². The molecule has 0 amide bonds. The minimum atomic E-state index is -0.254. The van der Waals surface area contributed by atoms with Gasteiger partial charge in [0.2, 0.25) is 0 Å². The summed E-state index contributed by atoms with van der Waals surface area (Å²) in [6.45, 7) is 5.75. The molecule has 0 spiro atoms. The molecule has 2 aromatic rings. The molecule has 1 fully saturated rings. The van der Waals surface area contributed by atoms with E-state index in [-0.39, 0.29) is 10.6 Å². The predicted molar refractivity (Wildman–Crippen MR) is 107 cm³/mol. The number of piperidine rings is 1. The van der Waals surface area contributed by atoms with E-state index in [1.54, 1.807) is 6.07 Å². The zero-order valence-corrected chi connectivity index (χ0v) is 15.6. The van der Waals surface area contributed by atoms with Crippen LogP contribution in [0.5, 0.6) is 0 Å². The SMILES string of the molecule is CCc1ccc(NCc2ccc(N3CCCC[C@@H]3C)c([N+](=O)[O-])c2)cc1. The van der Waals surface area contributed by atoms with Crippen molar-refractivity contribution in [3.8, 4) is 0 Å². The Hall–Kier alpha value is -2.56. The first kappa shape index (κ1) is 18.2. The summed E-state index contributed by atoms with van der Waals surface area (Å²) in [6, 6.07) is 14.3. The van der Waals surface area contributed by atoms with Crippen LogP contribution < -0.4 is 10.2 Å². The van der Waals surface area contributed by atoms with E-state index in [1.165, 1.54) is 12.0 Å². The number of nitrogens with zero attached hydrogens (tertiary/aromatic N) is 2. The molecule has 5 nitrogen and oxygen atoms in total. The molecule has 0 bridgehead atoms. The summed E-state index contributed by atoms with van der Waals surface area (Å²) in [4.78, 5) is 13.6. The van der Waals surface area contributed by atoms with Crippen LogP contribution in [0.15, 0.2) is 42.5 Å². The predicted octanol–water partition coefficient (Wildman–Crippen LogP) is 5.15. The Labute approximate surface area is 155 Å². The van der Waals surface area contributed by atoms with Crippen LogP contribution in [0.1, 0.15) is 44.2 Å². The summed E-state index contributed by atoms with van der Waals surface area (Å²) >= 11 is 0. The summed E-state index contributed by atoms with van der Waals surface area (Å²) in [6.07, 6.45) is 4.40. The van der Waals surface area contributed by atoms with E-state index in [1.807, 2.05) is 12.1 Å². The molecule has 3 rings (SSSR count). The van der Waals surface area contributed by atoms with Gasteiger partial charge < -0.3 is 10.2 Å². The van der Waals surface area contributed by atoms with Crippen molar-refractivity contribution in [2.45, 2.75) is 52.1 Å². The molecule has 138 valence electrons. The third-order valence-corrected chi connectivity index (χ3v) is 5.21. The number of nitrogens with one attached hydrogen (secondary N) is 1. The van der Waals surface area contributed by atoms with Gasteiger partial charge in [0.05, 0.1) is 4.92 Å². The Bertz CT molecular complexity index is 758. The van der Waals surface area contributed by atoms with Crippen LogP contribution in [-0.4, -0.2) is 17.5 Å². The van der Waals surface area contributed by atoms with Crippen LogP contribution in [0.2, 0.25) is 0 Å². The van der Waals surface area contributed by atoms with Gasteiger partial charge in [0.15, 0.2) is 0 Å². The number of nitro groups is 1. The van der Waals surface area contributed by atoms with Gasteiger partial charge in [0.25, 0.3) is 5.69 Å². The highest BCUT2D eigenvalue weighted by atomic mass is 16.6. The molecule has 5 heteroatoms. The van der Waals surface area contributed by atoms with E-state index >= 15 is 0 Å². The van der Waals surface area contributed by atoms with Crippen LogP contribution in [0.3, 0.4) is 0 Å². The monoisotopic (exact) mass is 353 g/mol. The maximum Gasteiger partial charge on any atom is 0.292 e. The van der Waals surface area contributed by atoms with Crippen molar-refractivity contribution in [1.29, 1.82) is 0 Å². The van der Waals surface area contributed by atoms with E-state index in [4.69, 9.17) is 0 Å². The Morgan fingerprint density at radius 3 is 2.54 bits per heavy atom. The van der Waals surface area contributed by atoms with E-state index in [0.717, 1.165) is 42.7 Å². The molecular formula is C21H27N3O2. The summed E-state index contributed by atoms with van der Waals surface area (Å²) in [5.41, 5.74) is 4.20. The largest absolute Gasteiger partial charge is 0.381 e. The molecule has 1 aliphatic rings. The molecule has 26 heavy (non-hydrogen) atoms. The zero-order chi connectivity index (χ0) is 18.5.